The van der Waals surface area contributed by atoms with Crippen LogP contribution >= 0.6 is 11.6 Å². The summed E-state index contributed by atoms with van der Waals surface area (Å²) in [6.07, 6.45) is 5.51. The summed E-state index contributed by atoms with van der Waals surface area (Å²) in [6.45, 7) is 1.55. The number of aromatic nitrogens is 3. The number of carbonyl (C=O) groups is 1. The number of hydrogen-bond donors (Lipinski definition) is 0. The first-order chi connectivity index (χ1) is 11.7. The molecule has 2 atom stereocenters. The van der Waals surface area contributed by atoms with E-state index in [-0.39, 0.29) is 11.8 Å². The van der Waals surface area contributed by atoms with E-state index in [9.17, 15) is 4.79 Å². The minimum absolute atomic E-state index is 0.0296. The topological polar surface area (TPSA) is 51.0 Å². The number of amides is 1. The van der Waals surface area contributed by atoms with E-state index in [0.29, 0.717) is 24.2 Å². The van der Waals surface area contributed by atoms with Crippen LogP contribution in [0.5, 0.6) is 0 Å². The highest BCUT2D eigenvalue weighted by molar-refractivity contribution is 6.29. The molecule has 1 amide bonds. The lowest BCUT2D eigenvalue weighted by molar-refractivity contribution is -0.116. The Morgan fingerprint density at radius 3 is 2.79 bits per heavy atom. The van der Waals surface area contributed by atoms with Gasteiger partial charge in [-0.1, -0.05) is 35.5 Å². The standard InChI is InChI=1S/C18H21ClN4O/c19-9-18(24)23(17-12-22(21-20-17)10-13-6-7-13)11-15-8-16(15)14-4-2-1-3-5-14/h1-5,12-13,15-16H,6-11H2/t15-,16-/m0/s1. The third-order valence-electron chi connectivity index (χ3n) is 4.93. The summed E-state index contributed by atoms with van der Waals surface area (Å²) in [4.78, 5) is 14.0. The van der Waals surface area contributed by atoms with Crippen LogP contribution in [0.2, 0.25) is 0 Å². The van der Waals surface area contributed by atoms with E-state index in [0.717, 1.165) is 18.9 Å². The summed E-state index contributed by atoms with van der Waals surface area (Å²) in [5.41, 5.74) is 1.35. The van der Waals surface area contributed by atoms with E-state index in [1.165, 1.54) is 18.4 Å². The second kappa shape index (κ2) is 6.55. The molecular formula is C18H21ClN4O. The van der Waals surface area contributed by atoms with Gasteiger partial charge in [-0.15, -0.1) is 16.7 Å². The van der Waals surface area contributed by atoms with Gasteiger partial charge in [-0.25, -0.2) is 0 Å². The van der Waals surface area contributed by atoms with Gasteiger partial charge in [0, 0.05) is 13.1 Å². The fourth-order valence-corrected chi connectivity index (χ4v) is 3.40. The summed E-state index contributed by atoms with van der Waals surface area (Å²) in [6, 6.07) is 10.5. The minimum atomic E-state index is -0.103. The van der Waals surface area contributed by atoms with Gasteiger partial charge >= 0.3 is 0 Å². The van der Waals surface area contributed by atoms with Crippen LogP contribution in [0.4, 0.5) is 5.82 Å². The summed E-state index contributed by atoms with van der Waals surface area (Å²) < 4.78 is 1.85. The molecule has 2 saturated carbocycles. The molecule has 4 rings (SSSR count). The largest absolute Gasteiger partial charge is 0.293 e. The second-order valence-corrected chi connectivity index (χ2v) is 7.16. The van der Waals surface area contributed by atoms with E-state index >= 15 is 0 Å². The van der Waals surface area contributed by atoms with Crippen LogP contribution < -0.4 is 4.90 Å². The van der Waals surface area contributed by atoms with Gasteiger partial charge in [0.2, 0.25) is 5.91 Å². The Balaban J connectivity index is 1.44. The Kier molecular flexibility index (Phi) is 4.27. The van der Waals surface area contributed by atoms with Gasteiger partial charge in [-0.05, 0) is 42.6 Å². The van der Waals surface area contributed by atoms with Crippen molar-refractivity contribution in [3.63, 3.8) is 0 Å². The Labute approximate surface area is 146 Å². The van der Waals surface area contributed by atoms with E-state index in [1.54, 1.807) is 4.90 Å². The van der Waals surface area contributed by atoms with Gasteiger partial charge in [-0.2, -0.15) is 0 Å². The molecular weight excluding hydrogens is 324 g/mol. The van der Waals surface area contributed by atoms with Gasteiger partial charge in [0.25, 0.3) is 0 Å². The average Bonchev–Trinajstić information content (AvgIpc) is 3.52. The lowest BCUT2D eigenvalue weighted by Gasteiger charge is -2.18. The maximum Gasteiger partial charge on any atom is 0.243 e. The van der Waals surface area contributed by atoms with Crippen molar-refractivity contribution in [1.82, 2.24) is 15.0 Å². The average molecular weight is 345 g/mol. The predicted octanol–water partition coefficient (Wildman–Crippen LogP) is 3.06. The maximum absolute atomic E-state index is 12.3. The highest BCUT2D eigenvalue weighted by Crippen LogP contribution is 2.48. The molecule has 2 fully saturated rings. The molecule has 5 nitrogen and oxygen atoms in total. The zero-order chi connectivity index (χ0) is 16.5. The Hall–Kier alpha value is -1.88. The first-order valence-electron chi connectivity index (χ1n) is 8.56. The van der Waals surface area contributed by atoms with Crippen LogP contribution in [0.1, 0.15) is 30.7 Å². The van der Waals surface area contributed by atoms with Crippen LogP contribution in [0.15, 0.2) is 36.5 Å². The molecule has 6 heteroatoms. The molecule has 0 bridgehead atoms. The van der Waals surface area contributed by atoms with E-state index in [4.69, 9.17) is 11.6 Å². The van der Waals surface area contributed by atoms with Crippen molar-refractivity contribution < 1.29 is 4.79 Å². The zero-order valence-corrected chi connectivity index (χ0v) is 14.3. The van der Waals surface area contributed by atoms with Crippen LogP contribution in [0.3, 0.4) is 0 Å². The van der Waals surface area contributed by atoms with Crippen molar-refractivity contribution in [3.8, 4) is 0 Å². The highest BCUT2D eigenvalue weighted by Gasteiger charge is 2.40. The summed E-state index contributed by atoms with van der Waals surface area (Å²) in [5.74, 6) is 2.21. The number of anilines is 1. The summed E-state index contributed by atoms with van der Waals surface area (Å²) in [7, 11) is 0. The van der Waals surface area contributed by atoms with Crippen molar-refractivity contribution in [1.29, 1.82) is 0 Å². The van der Waals surface area contributed by atoms with E-state index < -0.39 is 0 Å². The number of benzene rings is 1. The molecule has 0 unspecified atom stereocenters. The number of carbonyl (C=O) groups excluding carboxylic acids is 1. The summed E-state index contributed by atoms with van der Waals surface area (Å²) >= 11 is 5.81. The third-order valence-corrected chi connectivity index (χ3v) is 5.16. The lowest BCUT2D eigenvalue weighted by atomic mass is 10.1. The molecule has 2 aliphatic carbocycles. The van der Waals surface area contributed by atoms with Crippen LogP contribution in [-0.4, -0.2) is 33.3 Å². The number of alkyl halides is 1. The van der Waals surface area contributed by atoms with Gasteiger partial charge in [-0.3, -0.25) is 14.4 Å². The molecule has 1 aromatic carbocycles. The molecule has 0 aliphatic heterocycles. The number of hydrogen-bond acceptors (Lipinski definition) is 3. The summed E-state index contributed by atoms with van der Waals surface area (Å²) in [5, 5.41) is 8.37. The first kappa shape index (κ1) is 15.6. The molecule has 1 aromatic heterocycles. The molecule has 24 heavy (non-hydrogen) atoms. The monoisotopic (exact) mass is 344 g/mol. The first-order valence-corrected chi connectivity index (χ1v) is 9.09. The maximum atomic E-state index is 12.3. The lowest BCUT2D eigenvalue weighted by Crippen LogP contribution is -2.34. The highest BCUT2D eigenvalue weighted by atomic mass is 35.5. The second-order valence-electron chi connectivity index (χ2n) is 6.89. The Morgan fingerprint density at radius 2 is 2.08 bits per heavy atom. The molecule has 0 saturated heterocycles. The molecule has 1 heterocycles. The smallest absolute Gasteiger partial charge is 0.243 e. The van der Waals surface area contributed by atoms with Gasteiger partial charge in [0.05, 0.1) is 6.20 Å². The van der Waals surface area contributed by atoms with Crippen LogP contribution in [0.25, 0.3) is 0 Å². The van der Waals surface area contributed by atoms with Crippen molar-refractivity contribution in [2.45, 2.75) is 31.7 Å². The normalized spacial score (nSPS) is 22.4. The molecule has 0 N–H and O–H groups in total. The van der Waals surface area contributed by atoms with Crippen LogP contribution in [-0.2, 0) is 11.3 Å². The number of halogens is 1. The zero-order valence-electron chi connectivity index (χ0n) is 13.5. The fraction of sp³-hybridized carbons (Fsp3) is 0.500. The van der Waals surface area contributed by atoms with Crippen molar-refractivity contribution in [2.24, 2.45) is 11.8 Å². The van der Waals surface area contributed by atoms with E-state index in [1.807, 2.05) is 16.9 Å². The molecule has 0 radical (unpaired) electrons. The fourth-order valence-electron chi connectivity index (χ4n) is 3.25. The number of nitrogens with zero attached hydrogens (tertiary/aromatic N) is 4. The van der Waals surface area contributed by atoms with Crippen molar-refractivity contribution in [3.05, 3.63) is 42.1 Å². The number of rotatable bonds is 7. The minimum Gasteiger partial charge on any atom is -0.293 e. The van der Waals surface area contributed by atoms with Gasteiger partial charge < -0.3 is 0 Å². The van der Waals surface area contributed by atoms with Gasteiger partial charge in [0.15, 0.2) is 5.82 Å². The molecule has 2 aromatic rings. The predicted molar refractivity (Wildman–Crippen MR) is 93.1 cm³/mol. The van der Waals surface area contributed by atoms with Crippen LogP contribution in [0, 0.1) is 11.8 Å². The van der Waals surface area contributed by atoms with Gasteiger partial charge in [0.1, 0.15) is 5.88 Å². The quantitative estimate of drug-likeness (QED) is 0.725. The molecule has 2 aliphatic rings. The van der Waals surface area contributed by atoms with Crippen molar-refractivity contribution in [2.75, 3.05) is 17.3 Å². The van der Waals surface area contributed by atoms with E-state index in [2.05, 4.69) is 34.6 Å². The third kappa shape index (κ3) is 3.46. The molecule has 0 spiro atoms. The SMILES string of the molecule is O=C(CCl)N(C[C@@H]1C[C@H]1c1ccccc1)c1cn(CC2CC2)nn1. The Bertz CT molecular complexity index is 713. The van der Waals surface area contributed by atoms with Crippen molar-refractivity contribution >= 4 is 23.3 Å². The Morgan fingerprint density at radius 1 is 1.29 bits per heavy atom. The molecule has 126 valence electrons.